The second-order valence-electron chi connectivity index (χ2n) is 7.19. The van der Waals surface area contributed by atoms with Crippen LogP contribution < -0.4 is 0 Å². The maximum absolute atomic E-state index is 11.1. The van der Waals surface area contributed by atoms with Crippen LogP contribution in [0, 0.1) is 10.8 Å². The van der Waals surface area contributed by atoms with E-state index in [2.05, 4.69) is 13.8 Å². The van der Waals surface area contributed by atoms with Crippen LogP contribution in [0.1, 0.15) is 71.6 Å². The van der Waals surface area contributed by atoms with Gasteiger partial charge in [-0.25, -0.2) is 0 Å². The van der Waals surface area contributed by atoms with Gasteiger partial charge in [0.2, 0.25) is 0 Å². The minimum absolute atomic E-state index is 0.171. The Labute approximate surface area is 105 Å². The maximum Gasteiger partial charge on any atom is 0.0725 e. The van der Waals surface area contributed by atoms with E-state index in [1.54, 1.807) is 0 Å². The fourth-order valence-corrected chi connectivity index (χ4v) is 4.01. The van der Waals surface area contributed by atoms with Crippen LogP contribution in [0.5, 0.6) is 0 Å². The fraction of sp³-hybridized carbons (Fsp3) is 1.00. The highest BCUT2D eigenvalue weighted by Crippen LogP contribution is 2.53. The topological polar surface area (TPSA) is 40.5 Å². The smallest absolute Gasteiger partial charge is 0.0725 e. The lowest BCUT2D eigenvalue weighted by Gasteiger charge is -2.44. The fourth-order valence-electron chi connectivity index (χ4n) is 4.01. The summed E-state index contributed by atoms with van der Waals surface area (Å²) in [5, 5.41) is 20.9. The van der Waals surface area contributed by atoms with Crippen molar-refractivity contribution in [2.24, 2.45) is 10.8 Å². The van der Waals surface area contributed by atoms with Gasteiger partial charge in [-0.15, -0.1) is 0 Å². The molecule has 1 atom stereocenters. The highest BCUT2D eigenvalue weighted by Gasteiger charge is 2.51. The minimum atomic E-state index is -0.605. The van der Waals surface area contributed by atoms with Crippen LogP contribution in [0.15, 0.2) is 0 Å². The summed E-state index contributed by atoms with van der Waals surface area (Å²) in [6.07, 6.45) is 9.53. The molecule has 2 nitrogen and oxygen atoms in total. The van der Waals surface area contributed by atoms with Gasteiger partial charge in [0.1, 0.15) is 0 Å². The molecule has 0 aromatic rings. The lowest BCUT2D eigenvalue weighted by Crippen LogP contribution is -2.49. The van der Waals surface area contributed by atoms with Gasteiger partial charge >= 0.3 is 0 Å². The Bertz CT molecular complexity index is 266. The Morgan fingerprint density at radius 2 is 1.47 bits per heavy atom. The van der Waals surface area contributed by atoms with Crippen LogP contribution in [0.25, 0.3) is 0 Å². The van der Waals surface area contributed by atoms with Gasteiger partial charge in [0.05, 0.1) is 12.2 Å². The van der Waals surface area contributed by atoms with Gasteiger partial charge in [-0.3, -0.25) is 0 Å². The normalized spacial score (nSPS) is 36.7. The predicted octanol–water partition coefficient (Wildman–Crippen LogP) is 3.26. The summed E-state index contributed by atoms with van der Waals surface area (Å²) in [4.78, 5) is 0. The van der Waals surface area contributed by atoms with Crippen molar-refractivity contribution in [3.05, 3.63) is 0 Å². The average molecular weight is 240 g/mol. The molecule has 2 aliphatic carbocycles. The Morgan fingerprint density at radius 3 is 2.06 bits per heavy atom. The van der Waals surface area contributed by atoms with Crippen LogP contribution in [0.2, 0.25) is 0 Å². The molecule has 0 aromatic heterocycles. The molecule has 100 valence electrons. The highest BCUT2D eigenvalue weighted by molar-refractivity contribution is 5.03. The highest BCUT2D eigenvalue weighted by atomic mass is 16.3. The first-order valence-electron chi connectivity index (χ1n) is 7.26. The van der Waals surface area contributed by atoms with Gasteiger partial charge in [-0.05, 0) is 43.9 Å². The quantitative estimate of drug-likeness (QED) is 0.727. The Hall–Kier alpha value is -0.0800. The van der Waals surface area contributed by atoms with Crippen molar-refractivity contribution in [1.82, 2.24) is 0 Å². The zero-order valence-corrected chi connectivity index (χ0v) is 11.5. The van der Waals surface area contributed by atoms with Crippen LogP contribution >= 0.6 is 0 Å². The van der Waals surface area contributed by atoms with Crippen LogP contribution in [0.3, 0.4) is 0 Å². The van der Waals surface area contributed by atoms with Crippen molar-refractivity contribution < 1.29 is 10.2 Å². The van der Waals surface area contributed by atoms with Crippen LogP contribution in [-0.4, -0.2) is 22.4 Å². The van der Waals surface area contributed by atoms with Crippen molar-refractivity contribution in [2.45, 2.75) is 77.2 Å². The predicted molar refractivity (Wildman–Crippen MR) is 69.8 cm³/mol. The lowest BCUT2D eigenvalue weighted by molar-refractivity contribution is -0.117. The molecule has 2 saturated carbocycles. The van der Waals surface area contributed by atoms with E-state index in [1.807, 2.05) is 0 Å². The molecular weight excluding hydrogens is 212 g/mol. The van der Waals surface area contributed by atoms with E-state index in [4.69, 9.17) is 0 Å². The molecule has 2 N–H and O–H groups in total. The Morgan fingerprint density at radius 1 is 0.824 bits per heavy atom. The Kier molecular flexibility index (Phi) is 3.57. The second-order valence-corrected chi connectivity index (χ2v) is 7.19. The molecule has 0 heterocycles. The number of hydrogen-bond donors (Lipinski definition) is 2. The number of aliphatic hydroxyl groups excluding tert-OH is 1. The molecule has 0 radical (unpaired) electrons. The molecule has 17 heavy (non-hydrogen) atoms. The summed E-state index contributed by atoms with van der Waals surface area (Å²) < 4.78 is 0. The molecule has 0 aliphatic heterocycles. The third kappa shape index (κ3) is 2.39. The van der Waals surface area contributed by atoms with Gasteiger partial charge in [0.25, 0.3) is 0 Å². The molecule has 1 unspecified atom stereocenters. The average Bonchev–Trinajstić information content (AvgIpc) is 2.71. The van der Waals surface area contributed by atoms with Gasteiger partial charge < -0.3 is 10.2 Å². The number of aliphatic hydroxyl groups is 2. The molecule has 2 aliphatic rings. The van der Waals surface area contributed by atoms with E-state index in [-0.39, 0.29) is 12.0 Å². The van der Waals surface area contributed by atoms with Crippen LogP contribution in [-0.2, 0) is 0 Å². The first-order valence-corrected chi connectivity index (χ1v) is 7.26. The minimum Gasteiger partial charge on any atom is -0.396 e. The number of rotatable bonds is 2. The third-order valence-electron chi connectivity index (χ3n) is 5.51. The molecule has 2 rings (SSSR count). The molecule has 0 amide bonds. The van der Waals surface area contributed by atoms with E-state index in [9.17, 15) is 10.2 Å². The standard InChI is InChI=1S/C15H28O2/c1-13(2)6-5-9-15(17,11-10-13)14(12-16)7-3-4-8-14/h16-17H,3-12H2,1-2H3. The SMILES string of the molecule is CC1(C)CCCC(O)(C2(CO)CCCC2)CC1. The third-order valence-corrected chi connectivity index (χ3v) is 5.51. The first kappa shape index (κ1) is 13.4. The monoisotopic (exact) mass is 240 g/mol. The van der Waals surface area contributed by atoms with Gasteiger partial charge in [-0.2, -0.15) is 0 Å². The van der Waals surface area contributed by atoms with Crippen LogP contribution in [0.4, 0.5) is 0 Å². The Balaban J connectivity index is 2.17. The zero-order valence-electron chi connectivity index (χ0n) is 11.5. The van der Waals surface area contributed by atoms with Crippen molar-refractivity contribution >= 4 is 0 Å². The summed E-state index contributed by atoms with van der Waals surface area (Å²) in [6, 6.07) is 0. The first-order chi connectivity index (χ1) is 7.93. The van der Waals surface area contributed by atoms with E-state index >= 15 is 0 Å². The van der Waals surface area contributed by atoms with Gasteiger partial charge in [0, 0.05) is 5.41 Å². The van der Waals surface area contributed by atoms with Gasteiger partial charge in [-0.1, -0.05) is 33.1 Å². The van der Waals surface area contributed by atoms with Crippen molar-refractivity contribution in [2.75, 3.05) is 6.61 Å². The van der Waals surface area contributed by atoms with E-state index in [0.29, 0.717) is 5.41 Å². The van der Waals surface area contributed by atoms with Crippen molar-refractivity contribution in [3.8, 4) is 0 Å². The maximum atomic E-state index is 11.1. The molecule has 2 heteroatoms. The van der Waals surface area contributed by atoms with E-state index in [1.165, 1.54) is 19.3 Å². The zero-order chi connectivity index (χ0) is 12.6. The summed E-state index contributed by atoms with van der Waals surface area (Å²) in [5.41, 5.74) is -0.431. The van der Waals surface area contributed by atoms with Crippen molar-refractivity contribution in [1.29, 1.82) is 0 Å². The van der Waals surface area contributed by atoms with E-state index in [0.717, 1.165) is 38.5 Å². The molecule has 0 bridgehead atoms. The largest absolute Gasteiger partial charge is 0.396 e. The molecule has 0 saturated heterocycles. The molecular formula is C15H28O2. The molecule has 0 aromatic carbocycles. The molecule has 2 fully saturated rings. The van der Waals surface area contributed by atoms with Gasteiger partial charge in [0.15, 0.2) is 0 Å². The lowest BCUT2D eigenvalue weighted by atomic mass is 9.67. The summed E-state index contributed by atoms with van der Waals surface area (Å²) in [6.45, 7) is 4.78. The number of hydrogen-bond acceptors (Lipinski definition) is 2. The summed E-state index contributed by atoms with van der Waals surface area (Å²) >= 11 is 0. The van der Waals surface area contributed by atoms with Crippen molar-refractivity contribution in [3.63, 3.8) is 0 Å². The second kappa shape index (κ2) is 4.55. The summed E-state index contributed by atoms with van der Waals surface area (Å²) in [5.74, 6) is 0. The summed E-state index contributed by atoms with van der Waals surface area (Å²) in [7, 11) is 0. The molecule has 0 spiro atoms. The van der Waals surface area contributed by atoms with E-state index < -0.39 is 5.60 Å².